The first-order valence-electron chi connectivity index (χ1n) is 6.83. The molecule has 2 N–H and O–H groups in total. The van der Waals surface area contributed by atoms with Crippen LogP contribution in [0.1, 0.15) is 43.4 Å². The third-order valence-electron chi connectivity index (χ3n) is 3.66. The second-order valence-corrected chi connectivity index (χ2v) is 5.07. The molecule has 0 bridgehead atoms. The number of aryl methyl sites for hydroxylation is 1. The van der Waals surface area contributed by atoms with Crippen molar-refractivity contribution in [3.63, 3.8) is 0 Å². The van der Waals surface area contributed by atoms with Crippen LogP contribution in [0.4, 0.5) is 0 Å². The summed E-state index contributed by atoms with van der Waals surface area (Å²) in [6.07, 6.45) is 3.79. The second kappa shape index (κ2) is 6.18. The zero-order chi connectivity index (χ0) is 12.1. The Morgan fingerprint density at radius 3 is 2.71 bits per heavy atom. The molecule has 1 aliphatic heterocycles. The summed E-state index contributed by atoms with van der Waals surface area (Å²) in [5, 5.41) is 7.22. The number of benzene rings is 1. The Balaban J connectivity index is 1.89. The molecule has 0 amide bonds. The van der Waals surface area contributed by atoms with Crippen molar-refractivity contribution in [3.8, 4) is 0 Å². The smallest absolute Gasteiger partial charge is 0.0318 e. The van der Waals surface area contributed by atoms with Gasteiger partial charge in [-0.15, -0.1) is 0 Å². The summed E-state index contributed by atoms with van der Waals surface area (Å²) >= 11 is 0. The average molecular weight is 232 g/mol. The Hall–Kier alpha value is -0.860. The van der Waals surface area contributed by atoms with Crippen molar-refractivity contribution in [2.75, 3.05) is 13.1 Å². The molecule has 1 aromatic carbocycles. The Morgan fingerprint density at radius 2 is 2.12 bits per heavy atom. The van der Waals surface area contributed by atoms with Gasteiger partial charge in [0.2, 0.25) is 0 Å². The van der Waals surface area contributed by atoms with Crippen LogP contribution in [0.3, 0.4) is 0 Å². The van der Waals surface area contributed by atoms with Gasteiger partial charge in [-0.05, 0) is 38.3 Å². The molecule has 17 heavy (non-hydrogen) atoms. The molecule has 2 heteroatoms. The monoisotopic (exact) mass is 232 g/mol. The molecule has 1 fully saturated rings. The largest absolute Gasteiger partial charge is 0.313 e. The highest BCUT2D eigenvalue weighted by atomic mass is 15.0. The molecule has 0 aliphatic carbocycles. The summed E-state index contributed by atoms with van der Waals surface area (Å²) in [5.41, 5.74) is 2.75. The van der Waals surface area contributed by atoms with E-state index < -0.39 is 0 Å². The van der Waals surface area contributed by atoms with Crippen molar-refractivity contribution in [1.29, 1.82) is 0 Å². The number of nitrogens with one attached hydrogen (secondary N) is 2. The van der Waals surface area contributed by atoms with E-state index in [1.165, 1.54) is 30.5 Å². The Kier molecular flexibility index (Phi) is 4.57. The van der Waals surface area contributed by atoms with Gasteiger partial charge < -0.3 is 10.6 Å². The fourth-order valence-corrected chi connectivity index (χ4v) is 2.51. The maximum Gasteiger partial charge on any atom is 0.0318 e. The average Bonchev–Trinajstić information content (AvgIpc) is 2.85. The van der Waals surface area contributed by atoms with Gasteiger partial charge in [-0.2, -0.15) is 0 Å². The van der Waals surface area contributed by atoms with Crippen LogP contribution in [0.5, 0.6) is 0 Å². The lowest BCUT2D eigenvalue weighted by atomic mass is 10.0. The van der Waals surface area contributed by atoms with Crippen molar-refractivity contribution in [1.82, 2.24) is 10.6 Å². The first-order valence-corrected chi connectivity index (χ1v) is 6.83. The van der Waals surface area contributed by atoms with E-state index in [1.54, 1.807) is 0 Å². The minimum atomic E-state index is 0.498. The fraction of sp³-hybridized carbons (Fsp3) is 0.600. The zero-order valence-electron chi connectivity index (χ0n) is 11.0. The minimum absolute atomic E-state index is 0.498. The standard InChI is InChI=1S/C15H24N2/c1-3-15(13-8-6-12(2)7-9-13)17-11-14-5-4-10-16-14/h6-9,14-17H,3-5,10-11H2,1-2H3. The van der Waals surface area contributed by atoms with Crippen LogP contribution in [-0.2, 0) is 0 Å². The Labute approximate surface area is 105 Å². The molecule has 0 spiro atoms. The maximum absolute atomic E-state index is 3.68. The van der Waals surface area contributed by atoms with E-state index in [0.717, 1.165) is 13.0 Å². The molecule has 1 heterocycles. The molecule has 1 aromatic rings. The van der Waals surface area contributed by atoms with Crippen molar-refractivity contribution in [3.05, 3.63) is 35.4 Å². The normalized spacial score (nSPS) is 21.6. The molecular weight excluding hydrogens is 208 g/mol. The fourth-order valence-electron chi connectivity index (χ4n) is 2.51. The second-order valence-electron chi connectivity index (χ2n) is 5.07. The van der Waals surface area contributed by atoms with Crippen LogP contribution < -0.4 is 10.6 Å². The molecule has 2 rings (SSSR count). The number of hydrogen-bond acceptors (Lipinski definition) is 2. The van der Waals surface area contributed by atoms with Gasteiger partial charge in [-0.3, -0.25) is 0 Å². The van der Waals surface area contributed by atoms with E-state index >= 15 is 0 Å². The van der Waals surface area contributed by atoms with Crippen molar-refractivity contribution < 1.29 is 0 Å². The maximum atomic E-state index is 3.68. The number of rotatable bonds is 5. The van der Waals surface area contributed by atoms with Gasteiger partial charge >= 0.3 is 0 Å². The van der Waals surface area contributed by atoms with Gasteiger partial charge in [0.05, 0.1) is 0 Å². The number of hydrogen-bond donors (Lipinski definition) is 2. The molecule has 94 valence electrons. The summed E-state index contributed by atoms with van der Waals surface area (Å²) in [6.45, 7) is 6.67. The molecule has 0 saturated carbocycles. The van der Waals surface area contributed by atoms with E-state index in [0.29, 0.717) is 12.1 Å². The highest BCUT2D eigenvalue weighted by Crippen LogP contribution is 2.17. The molecule has 0 aromatic heterocycles. The lowest BCUT2D eigenvalue weighted by Crippen LogP contribution is -2.35. The summed E-state index contributed by atoms with van der Waals surface area (Å²) in [5.74, 6) is 0. The third kappa shape index (κ3) is 3.55. The minimum Gasteiger partial charge on any atom is -0.313 e. The summed E-state index contributed by atoms with van der Waals surface area (Å²) < 4.78 is 0. The first-order chi connectivity index (χ1) is 8.29. The van der Waals surface area contributed by atoms with Crippen LogP contribution in [0.2, 0.25) is 0 Å². The van der Waals surface area contributed by atoms with Gasteiger partial charge in [0.25, 0.3) is 0 Å². The lowest BCUT2D eigenvalue weighted by molar-refractivity contribution is 0.462. The molecule has 1 aliphatic rings. The summed E-state index contributed by atoms with van der Waals surface area (Å²) in [6, 6.07) is 10.1. The molecular formula is C15H24N2. The van der Waals surface area contributed by atoms with Crippen LogP contribution in [0.25, 0.3) is 0 Å². The molecule has 1 saturated heterocycles. The molecule has 2 unspecified atom stereocenters. The SMILES string of the molecule is CCC(NCC1CCCN1)c1ccc(C)cc1. The lowest BCUT2D eigenvalue weighted by Gasteiger charge is -2.20. The van der Waals surface area contributed by atoms with Gasteiger partial charge in [0.1, 0.15) is 0 Å². The molecule has 2 atom stereocenters. The van der Waals surface area contributed by atoms with Gasteiger partial charge in [-0.1, -0.05) is 36.8 Å². The van der Waals surface area contributed by atoms with Crippen LogP contribution >= 0.6 is 0 Å². The summed E-state index contributed by atoms with van der Waals surface area (Å²) in [4.78, 5) is 0. The third-order valence-corrected chi connectivity index (χ3v) is 3.66. The van der Waals surface area contributed by atoms with E-state index in [2.05, 4.69) is 48.7 Å². The van der Waals surface area contributed by atoms with Gasteiger partial charge in [0.15, 0.2) is 0 Å². The van der Waals surface area contributed by atoms with Crippen LogP contribution in [-0.4, -0.2) is 19.1 Å². The molecule has 2 nitrogen and oxygen atoms in total. The Bertz CT molecular complexity index is 325. The van der Waals surface area contributed by atoms with Crippen molar-refractivity contribution in [2.45, 2.75) is 45.2 Å². The predicted octanol–water partition coefficient (Wildman–Crippen LogP) is 2.79. The highest BCUT2D eigenvalue weighted by Gasteiger charge is 2.16. The quantitative estimate of drug-likeness (QED) is 0.815. The van der Waals surface area contributed by atoms with Crippen LogP contribution in [0.15, 0.2) is 24.3 Å². The van der Waals surface area contributed by atoms with Gasteiger partial charge in [0, 0.05) is 18.6 Å². The highest BCUT2D eigenvalue weighted by molar-refractivity contribution is 5.24. The zero-order valence-corrected chi connectivity index (χ0v) is 11.0. The van der Waals surface area contributed by atoms with Gasteiger partial charge in [-0.25, -0.2) is 0 Å². The molecule has 0 radical (unpaired) electrons. The van der Waals surface area contributed by atoms with Crippen LogP contribution in [0, 0.1) is 6.92 Å². The van der Waals surface area contributed by atoms with E-state index in [9.17, 15) is 0 Å². The van der Waals surface area contributed by atoms with Crippen molar-refractivity contribution in [2.24, 2.45) is 0 Å². The van der Waals surface area contributed by atoms with E-state index in [4.69, 9.17) is 0 Å². The predicted molar refractivity (Wildman–Crippen MR) is 73.2 cm³/mol. The first kappa shape index (κ1) is 12.6. The topological polar surface area (TPSA) is 24.1 Å². The van der Waals surface area contributed by atoms with E-state index in [-0.39, 0.29) is 0 Å². The Morgan fingerprint density at radius 1 is 1.35 bits per heavy atom. The summed E-state index contributed by atoms with van der Waals surface area (Å²) in [7, 11) is 0. The van der Waals surface area contributed by atoms with E-state index in [1.807, 2.05) is 0 Å². The van der Waals surface area contributed by atoms with Crippen molar-refractivity contribution >= 4 is 0 Å².